The maximum Gasteiger partial charge on any atom is 0.193 e. The summed E-state index contributed by atoms with van der Waals surface area (Å²) in [4.78, 5) is 7.25. The maximum absolute atomic E-state index is 4.86. The smallest absolute Gasteiger partial charge is 0.193 e. The molecule has 5 heteroatoms. The molecule has 1 atom stereocenters. The Hall–Kier alpha value is -2.30. The highest BCUT2D eigenvalue weighted by molar-refractivity contribution is 5.80. The standard InChI is InChI=1S/C20H29N5/c1-4-21-20(22-10-8-17-7-5-6-16(2)12-17)25-11-9-18(15-25)19-13-23-24(3)14-19/h5-7,12-14,18H,4,8-11,15H2,1-3H3,(H,21,22). The van der Waals surface area contributed by atoms with Crippen LogP contribution >= 0.6 is 0 Å². The molecular weight excluding hydrogens is 310 g/mol. The fraction of sp³-hybridized carbons (Fsp3) is 0.500. The number of likely N-dealkylation sites (tertiary alicyclic amines) is 1. The SMILES string of the molecule is CCNC(=NCCc1cccc(C)c1)N1CCC(c2cnn(C)c2)C1. The summed E-state index contributed by atoms with van der Waals surface area (Å²) in [6, 6.07) is 8.69. The van der Waals surface area contributed by atoms with Gasteiger partial charge in [-0.1, -0.05) is 29.8 Å². The van der Waals surface area contributed by atoms with E-state index in [0.29, 0.717) is 5.92 Å². The van der Waals surface area contributed by atoms with Gasteiger partial charge in [0.15, 0.2) is 5.96 Å². The molecule has 1 N–H and O–H groups in total. The predicted octanol–water partition coefficient (Wildman–Crippen LogP) is 2.73. The van der Waals surface area contributed by atoms with Crippen LogP contribution in [0.2, 0.25) is 0 Å². The Balaban J connectivity index is 1.60. The summed E-state index contributed by atoms with van der Waals surface area (Å²) in [7, 11) is 1.98. The number of benzene rings is 1. The fourth-order valence-corrected chi connectivity index (χ4v) is 3.46. The van der Waals surface area contributed by atoms with Gasteiger partial charge in [-0.2, -0.15) is 5.10 Å². The summed E-state index contributed by atoms with van der Waals surface area (Å²) < 4.78 is 1.89. The van der Waals surface area contributed by atoms with Crippen LogP contribution in [0.4, 0.5) is 0 Å². The Kier molecular flexibility index (Phi) is 5.74. The minimum Gasteiger partial charge on any atom is -0.357 e. The summed E-state index contributed by atoms with van der Waals surface area (Å²) in [5.41, 5.74) is 4.00. The van der Waals surface area contributed by atoms with E-state index in [-0.39, 0.29) is 0 Å². The zero-order valence-electron chi connectivity index (χ0n) is 15.6. The first-order valence-corrected chi connectivity index (χ1v) is 9.23. The monoisotopic (exact) mass is 339 g/mol. The molecule has 0 saturated carbocycles. The van der Waals surface area contributed by atoms with Crippen molar-refractivity contribution in [3.8, 4) is 0 Å². The molecule has 1 fully saturated rings. The Morgan fingerprint density at radius 2 is 2.28 bits per heavy atom. The van der Waals surface area contributed by atoms with E-state index < -0.39 is 0 Å². The first kappa shape index (κ1) is 17.5. The molecule has 0 aliphatic carbocycles. The zero-order chi connectivity index (χ0) is 17.6. The molecule has 2 heterocycles. The van der Waals surface area contributed by atoms with Crippen LogP contribution in [-0.2, 0) is 13.5 Å². The summed E-state index contributed by atoms with van der Waals surface area (Å²) in [5, 5.41) is 7.76. The third-order valence-electron chi connectivity index (χ3n) is 4.76. The lowest BCUT2D eigenvalue weighted by atomic mass is 10.0. The van der Waals surface area contributed by atoms with Gasteiger partial charge in [-0.3, -0.25) is 9.67 Å². The van der Waals surface area contributed by atoms with E-state index in [1.165, 1.54) is 16.7 Å². The highest BCUT2D eigenvalue weighted by Gasteiger charge is 2.26. The number of hydrogen-bond acceptors (Lipinski definition) is 2. The van der Waals surface area contributed by atoms with Crippen LogP contribution in [0.5, 0.6) is 0 Å². The topological polar surface area (TPSA) is 45.5 Å². The average Bonchev–Trinajstić information content (AvgIpc) is 3.23. The van der Waals surface area contributed by atoms with Crippen LogP contribution in [0.1, 0.15) is 36.0 Å². The molecule has 2 aromatic rings. The van der Waals surface area contributed by atoms with E-state index in [1.54, 1.807) is 0 Å². The minimum absolute atomic E-state index is 0.550. The second kappa shape index (κ2) is 8.19. The highest BCUT2D eigenvalue weighted by Crippen LogP contribution is 2.26. The molecule has 0 radical (unpaired) electrons. The first-order valence-electron chi connectivity index (χ1n) is 9.23. The number of aryl methyl sites for hydroxylation is 2. The van der Waals surface area contributed by atoms with Gasteiger partial charge in [-0.25, -0.2) is 0 Å². The number of guanidine groups is 1. The van der Waals surface area contributed by atoms with Crippen molar-refractivity contribution < 1.29 is 0 Å². The second-order valence-electron chi connectivity index (χ2n) is 6.85. The predicted molar refractivity (Wildman–Crippen MR) is 103 cm³/mol. The quantitative estimate of drug-likeness (QED) is 0.673. The van der Waals surface area contributed by atoms with Crippen LogP contribution in [0, 0.1) is 6.92 Å². The van der Waals surface area contributed by atoms with Crippen LogP contribution in [-0.4, -0.2) is 46.8 Å². The van der Waals surface area contributed by atoms with Crippen LogP contribution in [0.3, 0.4) is 0 Å². The largest absolute Gasteiger partial charge is 0.357 e. The normalized spacial score (nSPS) is 18.0. The number of aromatic nitrogens is 2. The molecule has 1 unspecified atom stereocenters. The third kappa shape index (κ3) is 4.62. The fourth-order valence-electron chi connectivity index (χ4n) is 3.46. The number of nitrogens with one attached hydrogen (secondary N) is 1. The van der Waals surface area contributed by atoms with Gasteiger partial charge in [0.2, 0.25) is 0 Å². The van der Waals surface area contributed by atoms with E-state index in [1.807, 2.05) is 17.9 Å². The molecule has 134 valence electrons. The molecule has 1 saturated heterocycles. The Morgan fingerprint density at radius 3 is 3.00 bits per heavy atom. The van der Waals surface area contributed by atoms with Gasteiger partial charge in [-0.05, 0) is 37.8 Å². The molecule has 1 aromatic carbocycles. The van der Waals surface area contributed by atoms with E-state index in [2.05, 4.69) is 59.6 Å². The lowest BCUT2D eigenvalue weighted by Gasteiger charge is -2.21. The number of nitrogens with zero attached hydrogens (tertiary/aromatic N) is 4. The van der Waals surface area contributed by atoms with Gasteiger partial charge in [-0.15, -0.1) is 0 Å². The van der Waals surface area contributed by atoms with Gasteiger partial charge in [0.25, 0.3) is 0 Å². The molecule has 1 aliphatic rings. The number of aliphatic imine (C=N–C) groups is 1. The van der Waals surface area contributed by atoms with E-state index in [0.717, 1.165) is 45.0 Å². The number of rotatable bonds is 5. The van der Waals surface area contributed by atoms with Gasteiger partial charge in [0.05, 0.1) is 6.20 Å². The van der Waals surface area contributed by atoms with Crippen molar-refractivity contribution in [2.24, 2.45) is 12.0 Å². The van der Waals surface area contributed by atoms with Crippen molar-refractivity contribution in [1.29, 1.82) is 0 Å². The van der Waals surface area contributed by atoms with E-state index >= 15 is 0 Å². The van der Waals surface area contributed by atoms with Crippen molar-refractivity contribution >= 4 is 5.96 Å². The molecule has 0 bridgehead atoms. The summed E-state index contributed by atoms with van der Waals surface area (Å²) in [6.07, 6.45) is 6.27. The van der Waals surface area contributed by atoms with Crippen molar-refractivity contribution in [1.82, 2.24) is 20.0 Å². The number of hydrogen-bond donors (Lipinski definition) is 1. The molecular formula is C20H29N5. The van der Waals surface area contributed by atoms with Gasteiger partial charge in [0.1, 0.15) is 0 Å². The molecule has 1 aliphatic heterocycles. The zero-order valence-corrected chi connectivity index (χ0v) is 15.6. The Morgan fingerprint density at radius 1 is 1.40 bits per heavy atom. The van der Waals surface area contributed by atoms with Gasteiger partial charge >= 0.3 is 0 Å². The van der Waals surface area contributed by atoms with Crippen molar-refractivity contribution in [3.05, 3.63) is 53.3 Å². The van der Waals surface area contributed by atoms with Gasteiger partial charge in [0, 0.05) is 45.3 Å². The van der Waals surface area contributed by atoms with Gasteiger partial charge < -0.3 is 10.2 Å². The second-order valence-corrected chi connectivity index (χ2v) is 6.85. The van der Waals surface area contributed by atoms with E-state index in [9.17, 15) is 0 Å². The van der Waals surface area contributed by atoms with Crippen LogP contribution < -0.4 is 5.32 Å². The van der Waals surface area contributed by atoms with Crippen LogP contribution in [0.15, 0.2) is 41.7 Å². The van der Waals surface area contributed by atoms with E-state index in [4.69, 9.17) is 4.99 Å². The highest BCUT2D eigenvalue weighted by atomic mass is 15.3. The average molecular weight is 339 g/mol. The molecule has 0 spiro atoms. The summed E-state index contributed by atoms with van der Waals surface area (Å²) >= 11 is 0. The summed E-state index contributed by atoms with van der Waals surface area (Å²) in [5.74, 6) is 1.59. The lowest BCUT2D eigenvalue weighted by molar-refractivity contribution is 0.486. The van der Waals surface area contributed by atoms with Crippen LogP contribution in [0.25, 0.3) is 0 Å². The minimum atomic E-state index is 0.550. The molecule has 25 heavy (non-hydrogen) atoms. The van der Waals surface area contributed by atoms with Crippen molar-refractivity contribution in [3.63, 3.8) is 0 Å². The van der Waals surface area contributed by atoms with Crippen molar-refractivity contribution in [2.45, 2.75) is 32.6 Å². The van der Waals surface area contributed by atoms with Crippen molar-refractivity contribution in [2.75, 3.05) is 26.2 Å². The molecule has 3 rings (SSSR count). The third-order valence-corrected chi connectivity index (χ3v) is 4.76. The molecule has 0 amide bonds. The molecule has 1 aromatic heterocycles. The summed E-state index contributed by atoms with van der Waals surface area (Å²) in [6.45, 7) is 8.05. The first-order chi connectivity index (χ1) is 12.2. The molecule has 5 nitrogen and oxygen atoms in total. The maximum atomic E-state index is 4.86. The Labute approximate surface area is 150 Å². The lowest BCUT2D eigenvalue weighted by Crippen LogP contribution is -2.40. The Bertz CT molecular complexity index is 718.